The number of hydrogen-bond donors (Lipinski definition) is 0. The molecular formula is C29H25NO5. The number of imide groups is 1. The lowest BCUT2D eigenvalue weighted by Gasteiger charge is -2.56. The molecule has 35 heavy (non-hydrogen) atoms. The van der Waals surface area contributed by atoms with E-state index < -0.39 is 23.5 Å². The Kier molecular flexibility index (Phi) is 4.82. The van der Waals surface area contributed by atoms with Crippen LogP contribution in [0.1, 0.15) is 45.5 Å². The number of ketones is 1. The van der Waals surface area contributed by atoms with Gasteiger partial charge in [-0.15, -0.1) is 0 Å². The predicted octanol–water partition coefficient (Wildman–Crippen LogP) is 4.06. The van der Waals surface area contributed by atoms with E-state index in [1.54, 1.807) is 38.5 Å². The number of hydrogen-bond acceptors (Lipinski definition) is 5. The summed E-state index contributed by atoms with van der Waals surface area (Å²) in [5.41, 5.74) is 4.00. The van der Waals surface area contributed by atoms with Crippen molar-refractivity contribution in [1.82, 2.24) is 0 Å². The van der Waals surface area contributed by atoms with Crippen molar-refractivity contribution in [2.75, 3.05) is 19.1 Å². The number of ether oxygens (including phenoxy) is 2. The first kappa shape index (κ1) is 21.9. The smallest absolute Gasteiger partial charge is 0.239 e. The van der Waals surface area contributed by atoms with Gasteiger partial charge >= 0.3 is 0 Å². The zero-order valence-corrected chi connectivity index (χ0v) is 19.7. The van der Waals surface area contributed by atoms with E-state index in [9.17, 15) is 14.4 Å². The van der Waals surface area contributed by atoms with Gasteiger partial charge in [0.25, 0.3) is 0 Å². The van der Waals surface area contributed by atoms with E-state index in [0.29, 0.717) is 11.3 Å². The summed E-state index contributed by atoms with van der Waals surface area (Å²) in [6.07, 6.45) is -0.782. The summed E-state index contributed by atoms with van der Waals surface area (Å²) >= 11 is 0. The fourth-order valence-electron chi connectivity index (χ4n) is 6.80. The standard InChI is InChI=1S/C29H25NO5/c1-16(31)17-12-14-18(15-13-17)30-26(32)24-23-19-8-4-6-10-21(19)29(25(24)27(30)33,28(34-2)35-3)22-11-7-5-9-20(22)23/h4-15,23-25,28H,1-3H3/t23?,24-,25+,29?/m1/s1. The Balaban J connectivity index is 1.62. The van der Waals surface area contributed by atoms with Crippen molar-refractivity contribution in [3.05, 3.63) is 101 Å². The predicted molar refractivity (Wildman–Crippen MR) is 129 cm³/mol. The fourth-order valence-corrected chi connectivity index (χ4v) is 6.80. The second-order valence-electron chi connectivity index (χ2n) is 9.44. The van der Waals surface area contributed by atoms with Gasteiger partial charge in [-0.1, -0.05) is 48.5 Å². The van der Waals surface area contributed by atoms with Crippen LogP contribution in [0.5, 0.6) is 0 Å². The van der Waals surface area contributed by atoms with Gasteiger partial charge in [0.1, 0.15) is 0 Å². The largest absolute Gasteiger partial charge is 0.355 e. The van der Waals surface area contributed by atoms with Crippen molar-refractivity contribution in [3.63, 3.8) is 0 Å². The number of nitrogens with zero attached hydrogens (tertiary/aromatic N) is 1. The first-order valence-electron chi connectivity index (χ1n) is 11.7. The highest BCUT2D eigenvalue weighted by Gasteiger charge is 2.71. The summed E-state index contributed by atoms with van der Waals surface area (Å²) in [5.74, 6) is -2.12. The van der Waals surface area contributed by atoms with Gasteiger partial charge in [0.05, 0.1) is 22.9 Å². The molecule has 0 spiro atoms. The first-order chi connectivity index (χ1) is 17.0. The Labute approximate surface area is 203 Å². The van der Waals surface area contributed by atoms with Gasteiger partial charge in [0.15, 0.2) is 12.1 Å². The van der Waals surface area contributed by atoms with Gasteiger partial charge in [-0.05, 0) is 53.4 Å². The topological polar surface area (TPSA) is 72.9 Å². The molecule has 1 fully saturated rings. The van der Waals surface area contributed by atoms with E-state index in [-0.39, 0.29) is 23.5 Å². The number of anilines is 1. The molecule has 1 aliphatic heterocycles. The molecule has 0 radical (unpaired) electrons. The number of rotatable bonds is 5. The zero-order valence-electron chi connectivity index (χ0n) is 19.7. The quantitative estimate of drug-likeness (QED) is 0.322. The van der Waals surface area contributed by atoms with E-state index in [1.807, 2.05) is 48.5 Å². The van der Waals surface area contributed by atoms with E-state index in [4.69, 9.17) is 9.47 Å². The van der Waals surface area contributed by atoms with Crippen LogP contribution in [0.3, 0.4) is 0 Å². The molecular weight excluding hydrogens is 442 g/mol. The van der Waals surface area contributed by atoms with Crippen molar-refractivity contribution < 1.29 is 23.9 Å². The summed E-state index contributed by atoms with van der Waals surface area (Å²) in [6, 6.07) is 22.7. The number of carbonyl (C=O) groups excluding carboxylic acids is 3. The minimum Gasteiger partial charge on any atom is -0.355 e. The fraction of sp³-hybridized carbons (Fsp3) is 0.276. The summed E-state index contributed by atoms with van der Waals surface area (Å²) in [4.78, 5) is 41.4. The van der Waals surface area contributed by atoms with Crippen LogP contribution < -0.4 is 4.90 Å². The van der Waals surface area contributed by atoms with Crippen LogP contribution in [0.15, 0.2) is 72.8 Å². The Bertz CT molecular complexity index is 1330. The summed E-state index contributed by atoms with van der Waals surface area (Å²) in [6.45, 7) is 1.49. The van der Waals surface area contributed by atoms with Crippen LogP contribution in [-0.4, -0.2) is 38.1 Å². The van der Waals surface area contributed by atoms with Crippen molar-refractivity contribution in [3.8, 4) is 0 Å². The van der Waals surface area contributed by atoms with E-state index >= 15 is 0 Å². The molecule has 6 nitrogen and oxygen atoms in total. The van der Waals surface area contributed by atoms with E-state index in [1.165, 1.54) is 11.8 Å². The molecule has 0 N–H and O–H groups in total. The molecule has 2 amide bonds. The molecule has 2 atom stereocenters. The van der Waals surface area contributed by atoms with Crippen molar-refractivity contribution >= 4 is 23.3 Å². The SMILES string of the molecule is COC(OC)C12c3ccccc3C(c3ccccc31)[C@H]1C(=O)N(c3ccc(C(C)=O)cc3)C(=O)[C@H]12. The molecule has 7 rings (SSSR count). The molecule has 3 aromatic carbocycles. The lowest BCUT2D eigenvalue weighted by atomic mass is 9.47. The summed E-state index contributed by atoms with van der Waals surface area (Å²) in [7, 11) is 3.15. The minimum absolute atomic E-state index is 0.0739. The first-order valence-corrected chi connectivity index (χ1v) is 11.7. The summed E-state index contributed by atoms with van der Waals surface area (Å²) in [5, 5.41) is 0. The highest BCUT2D eigenvalue weighted by atomic mass is 16.7. The van der Waals surface area contributed by atoms with Gasteiger partial charge in [-0.25, -0.2) is 4.90 Å². The van der Waals surface area contributed by atoms with Crippen LogP contribution in [0.4, 0.5) is 5.69 Å². The van der Waals surface area contributed by atoms with Gasteiger partial charge in [-0.3, -0.25) is 14.4 Å². The van der Waals surface area contributed by atoms with Gasteiger partial charge in [-0.2, -0.15) is 0 Å². The van der Waals surface area contributed by atoms with E-state index in [0.717, 1.165) is 22.3 Å². The molecule has 1 saturated heterocycles. The molecule has 1 heterocycles. The molecule has 176 valence electrons. The maximum atomic E-state index is 14.2. The minimum atomic E-state index is -0.989. The number of benzene rings is 3. The number of carbonyl (C=O) groups is 3. The second kappa shape index (κ2) is 7.70. The Morgan fingerprint density at radius 2 is 1.37 bits per heavy atom. The Morgan fingerprint density at radius 1 is 0.829 bits per heavy atom. The number of Topliss-reactive ketones (excluding diaryl/α,β-unsaturated/α-hetero) is 1. The lowest BCUT2D eigenvalue weighted by Crippen LogP contribution is -2.60. The maximum Gasteiger partial charge on any atom is 0.239 e. The third-order valence-electron chi connectivity index (χ3n) is 8.02. The van der Waals surface area contributed by atoms with Crippen molar-refractivity contribution in [2.24, 2.45) is 11.8 Å². The van der Waals surface area contributed by atoms with Crippen LogP contribution in [0.2, 0.25) is 0 Å². The Morgan fingerprint density at radius 3 is 1.89 bits per heavy atom. The highest BCUT2D eigenvalue weighted by molar-refractivity contribution is 6.24. The van der Waals surface area contributed by atoms with Crippen LogP contribution >= 0.6 is 0 Å². The van der Waals surface area contributed by atoms with Crippen LogP contribution in [-0.2, 0) is 24.5 Å². The van der Waals surface area contributed by atoms with Gasteiger partial charge < -0.3 is 9.47 Å². The molecule has 2 bridgehead atoms. The monoisotopic (exact) mass is 467 g/mol. The number of amides is 2. The van der Waals surface area contributed by atoms with Crippen LogP contribution in [0.25, 0.3) is 0 Å². The zero-order chi connectivity index (χ0) is 24.5. The van der Waals surface area contributed by atoms with Gasteiger partial charge in [0.2, 0.25) is 11.8 Å². The van der Waals surface area contributed by atoms with Crippen molar-refractivity contribution in [1.29, 1.82) is 0 Å². The third kappa shape index (κ3) is 2.64. The molecule has 6 heteroatoms. The van der Waals surface area contributed by atoms with Crippen LogP contribution in [0, 0.1) is 11.8 Å². The molecule has 0 saturated carbocycles. The average Bonchev–Trinajstić information content (AvgIpc) is 3.16. The lowest BCUT2D eigenvalue weighted by molar-refractivity contribution is -0.168. The second-order valence-corrected chi connectivity index (χ2v) is 9.44. The third-order valence-corrected chi connectivity index (χ3v) is 8.02. The molecule has 0 unspecified atom stereocenters. The molecule has 4 aliphatic rings. The van der Waals surface area contributed by atoms with E-state index in [2.05, 4.69) is 0 Å². The summed E-state index contributed by atoms with van der Waals surface area (Å²) < 4.78 is 11.8. The Hall–Kier alpha value is -3.61. The maximum absolute atomic E-state index is 14.2. The molecule has 3 aromatic rings. The number of methoxy groups -OCH3 is 2. The highest BCUT2D eigenvalue weighted by Crippen LogP contribution is 2.65. The average molecular weight is 468 g/mol. The molecule has 3 aliphatic carbocycles. The van der Waals surface area contributed by atoms with Gasteiger partial charge in [0, 0.05) is 25.7 Å². The molecule has 0 aromatic heterocycles. The normalized spacial score (nSPS) is 26.1. The van der Waals surface area contributed by atoms with Crippen molar-refractivity contribution in [2.45, 2.75) is 24.5 Å².